The zero-order chi connectivity index (χ0) is 19.7. The summed E-state index contributed by atoms with van der Waals surface area (Å²) in [5, 5.41) is 9.65. The molecule has 1 saturated heterocycles. The van der Waals surface area contributed by atoms with Gasteiger partial charge in [-0.2, -0.15) is 0 Å². The molecule has 0 unspecified atom stereocenters. The second kappa shape index (κ2) is 7.79. The summed E-state index contributed by atoms with van der Waals surface area (Å²) in [5.74, 6) is -1.16. The number of furan rings is 1. The molecule has 3 rings (SSSR count). The average molecular weight is 473 g/mol. The molecule has 10 heteroatoms. The normalized spacial score (nSPS) is 15.7. The second-order valence-electron chi connectivity index (χ2n) is 5.35. The maximum atomic E-state index is 12.6. The Morgan fingerprint density at radius 2 is 2.15 bits per heavy atom. The number of ether oxygens (including phenoxy) is 1. The average Bonchev–Trinajstić information content (AvgIpc) is 3.19. The first-order chi connectivity index (χ1) is 12.8. The van der Waals surface area contributed by atoms with E-state index in [9.17, 15) is 19.5 Å². The Balaban J connectivity index is 1.83. The summed E-state index contributed by atoms with van der Waals surface area (Å²) < 4.78 is 10.4. The van der Waals surface area contributed by atoms with Crippen LogP contribution in [0.1, 0.15) is 21.9 Å². The molecule has 0 radical (unpaired) electrons. The van der Waals surface area contributed by atoms with Crippen molar-refractivity contribution in [2.45, 2.75) is 6.54 Å². The summed E-state index contributed by atoms with van der Waals surface area (Å²) >= 11 is 9.90. The van der Waals surface area contributed by atoms with Crippen LogP contribution in [0.25, 0.3) is 6.08 Å². The van der Waals surface area contributed by atoms with Gasteiger partial charge in [0, 0.05) is 10.0 Å². The van der Waals surface area contributed by atoms with Crippen LogP contribution in [-0.2, 0) is 16.1 Å². The number of carbonyl (C=O) groups is 3. The van der Waals surface area contributed by atoms with E-state index in [1.54, 1.807) is 6.07 Å². The van der Waals surface area contributed by atoms with Crippen LogP contribution in [0.2, 0.25) is 5.02 Å². The predicted molar refractivity (Wildman–Crippen MR) is 102 cm³/mol. The minimum Gasteiger partial charge on any atom is -0.506 e. The van der Waals surface area contributed by atoms with Gasteiger partial charge in [-0.15, -0.1) is 0 Å². The van der Waals surface area contributed by atoms with Gasteiger partial charge in [-0.1, -0.05) is 27.5 Å². The maximum Gasteiger partial charge on any atom is 0.373 e. The molecule has 2 aromatic rings. The van der Waals surface area contributed by atoms with Crippen LogP contribution < -0.4 is 0 Å². The van der Waals surface area contributed by atoms with Crippen molar-refractivity contribution in [1.82, 2.24) is 4.90 Å². The Labute approximate surface area is 171 Å². The number of methoxy groups -OCH3 is 1. The molecule has 1 aliphatic rings. The summed E-state index contributed by atoms with van der Waals surface area (Å²) in [6, 6.07) is 5.97. The topological polar surface area (TPSA) is 97.0 Å². The number of carbonyl (C=O) groups excluding carboxylic acids is 3. The molecular formula is C17H11BrClNO6S. The molecule has 1 aliphatic heterocycles. The number of nitrogens with zero attached hydrogens (tertiary/aromatic N) is 1. The van der Waals surface area contributed by atoms with E-state index >= 15 is 0 Å². The molecule has 2 amide bonds. The molecule has 0 bridgehead atoms. The SMILES string of the molecule is COC(=O)c1ccc(CN2C(=O)S/C(=C\c3cc(Br)cc(Cl)c3O)C2=O)o1. The lowest BCUT2D eigenvalue weighted by Crippen LogP contribution is -2.27. The number of phenols is 1. The number of aromatic hydroxyl groups is 1. The summed E-state index contributed by atoms with van der Waals surface area (Å²) in [7, 11) is 1.22. The van der Waals surface area contributed by atoms with Gasteiger partial charge in [-0.05, 0) is 42.1 Å². The highest BCUT2D eigenvalue weighted by Gasteiger charge is 2.36. The monoisotopic (exact) mass is 471 g/mol. The smallest absolute Gasteiger partial charge is 0.373 e. The van der Waals surface area contributed by atoms with Crippen LogP contribution in [-0.4, -0.2) is 34.2 Å². The molecule has 2 heterocycles. The number of phenolic OH excluding ortho intramolecular Hbond substituents is 1. The highest BCUT2D eigenvalue weighted by molar-refractivity contribution is 9.10. The quantitative estimate of drug-likeness (QED) is 0.519. The minimum atomic E-state index is -0.655. The number of hydrogen-bond donors (Lipinski definition) is 1. The zero-order valence-corrected chi connectivity index (χ0v) is 16.9. The predicted octanol–water partition coefficient (Wildman–Crippen LogP) is 4.42. The van der Waals surface area contributed by atoms with Crippen molar-refractivity contribution in [1.29, 1.82) is 0 Å². The van der Waals surface area contributed by atoms with Gasteiger partial charge in [0.15, 0.2) is 0 Å². The number of esters is 1. The van der Waals surface area contributed by atoms with Gasteiger partial charge in [0.2, 0.25) is 5.76 Å². The van der Waals surface area contributed by atoms with E-state index in [2.05, 4.69) is 20.7 Å². The first-order valence-electron chi connectivity index (χ1n) is 7.40. The van der Waals surface area contributed by atoms with Crippen LogP contribution in [0, 0.1) is 0 Å². The van der Waals surface area contributed by atoms with Crippen LogP contribution in [0.5, 0.6) is 5.75 Å². The van der Waals surface area contributed by atoms with E-state index < -0.39 is 17.1 Å². The number of imide groups is 1. The van der Waals surface area contributed by atoms with Crippen molar-refractivity contribution >= 4 is 62.5 Å². The van der Waals surface area contributed by atoms with Crippen LogP contribution >= 0.6 is 39.3 Å². The lowest BCUT2D eigenvalue weighted by Gasteiger charge is -2.10. The Morgan fingerprint density at radius 1 is 1.41 bits per heavy atom. The van der Waals surface area contributed by atoms with Gasteiger partial charge in [-0.3, -0.25) is 14.5 Å². The van der Waals surface area contributed by atoms with E-state index in [1.807, 2.05) is 0 Å². The standard InChI is InChI=1S/C17H11BrClNO6S/c1-25-16(23)12-3-2-10(26-12)7-20-15(22)13(27-17(20)24)5-8-4-9(18)6-11(19)14(8)21/h2-6,21H,7H2,1H3/b13-5-. The van der Waals surface area contributed by atoms with Gasteiger partial charge in [0.1, 0.15) is 11.5 Å². The first kappa shape index (κ1) is 19.5. The largest absolute Gasteiger partial charge is 0.506 e. The van der Waals surface area contributed by atoms with Crippen molar-refractivity contribution in [3.8, 4) is 5.75 Å². The van der Waals surface area contributed by atoms with Crippen molar-refractivity contribution < 1.29 is 28.6 Å². The van der Waals surface area contributed by atoms with Crippen molar-refractivity contribution in [2.24, 2.45) is 0 Å². The van der Waals surface area contributed by atoms with Crippen molar-refractivity contribution in [3.63, 3.8) is 0 Å². The lowest BCUT2D eigenvalue weighted by atomic mass is 10.2. The summed E-state index contributed by atoms with van der Waals surface area (Å²) in [6.07, 6.45) is 1.39. The van der Waals surface area contributed by atoms with Gasteiger partial charge < -0.3 is 14.3 Å². The molecule has 1 fully saturated rings. The van der Waals surface area contributed by atoms with E-state index in [-0.39, 0.29) is 33.7 Å². The number of benzene rings is 1. The molecule has 0 atom stereocenters. The number of hydrogen-bond acceptors (Lipinski definition) is 7. The molecule has 27 heavy (non-hydrogen) atoms. The third-order valence-corrected chi connectivity index (χ3v) is 5.23. The van der Waals surface area contributed by atoms with Gasteiger partial charge >= 0.3 is 5.97 Å². The zero-order valence-electron chi connectivity index (χ0n) is 13.7. The summed E-state index contributed by atoms with van der Waals surface area (Å²) in [6.45, 7) is -0.135. The van der Waals surface area contributed by atoms with Crippen molar-refractivity contribution in [3.05, 3.63) is 55.7 Å². The van der Waals surface area contributed by atoms with E-state index in [1.165, 1.54) is 31.4 Å². The van der Waals surface area contributed by atoms with Crippen LogP contribution in [0.3, 0.4) is 0 Å². The number of thioether (sulfide) groups is 1. The van der Waals surface area contributed by atoms with Crippen LogP contribution in [0.4, 0.5) is 4.79 Å². The first-order valence-corrected chi connectivity index (χ1v) is 9.39. The fraction of sp³-hybridized carbons (Fsp3) is 0.118. The second-order valence-corrected chi connectivity index (χ2v) is 7.67. The highest BCUT2D eigenvalue weighted by Crippen LogP contribution is 2.37. The third-order valence-electron chi connectivity index (χ3n) is 3.58. The van der Waals surface area contributed by atoms with Crippen molar-refractivity contribution in [2.75, 3.05) is 7.11 Å². The van der Waals surface area contributed by atoms with E-state index in [0.717, 1.165) is 16.7 Å². The molecule has 7 nitrogen and oxygen atoms in total. The Hall–Kier alpha value is -2.23. The maximum absolute atomic E-state index is 12.6. The van der Waals surface area contributed by atoms with Gasteiger partial charge in [0.05, 0.1) is 23.6 Å². The summed E-state index contributed by atoms with van der Waals surface area (Å²) in [5.41, 5.74) is 0.297. The fourth-order valence-corrected chi connectivity index (χ4v) is 3.97. The molecule has 140 valence electrons. The highest BCUT2D eigenvalue weighted by atomic mass is 79.9. The molecule has 1 N–H and O–H groups in total. The Bertz CT molecular complexity index is 986. The van der Waals surface area contributed by atoms with Crippen LogP contribution in [0.15, 0.2) is 38.1 Å². The minimum absolute atomic E-state index is 0.0243. The number of halogens is 2. The Morgan fingerprint density at radius 3 is 2.85 bits per heavy atom. The third kappa shape index (κ3) is 4.05. The molecule has 1 aromatic heterocycles. The van der Waals surface area contributed by atoms with Gasteiger partial charge in [-0.25, -0.2) is 4.79 Å². The number of amides is 2. The summed E-state index contributed by atoms with van der Waals surface area (Å²) in [4.78, 5) is 37.3. The number of rotatable bonds is 4. The Kier molecular flexibility index (Phi) is 5.64. The molecule has 0 saturated carbocycles. The van der Waals surface area contributed by atoms with Gasteiger partial charge in [0.25, 0.3) is 11.1 Å². The molecular weight excluding hydrogens is 462 g/mol. The van der Waals surface area contributed by atoms with E-state index in [4.69, 9.17) is 16.0 Å². The molecule has 1 aromatic carbocycles. The molecule has 0 spiro atoms. The molecule has 0 aliphatic carbocycles. The fourth-order valence-electron chi connectivity index (χ4n) is 2.30. The lowest BCUT2D eigenvalue weighted by molar-refractivity contribution is -0.123. The van der Waals surface area contributed by atoms with E-state index in [0.29, 0.717) is 10.0 Å².